The lowest BCUT2D eigenvalue weighted by molar-refractivity contribution is -0.385. The van der Waals surface area contributed by atoms with Crippen LogP contribution in [-0.4, -0.2) is 89.7 Å². The van der Waals surface area contributed by atoms with Gasteiger partial charge in [0.15, 0.2) is 18.1 Å². The fourth-order valence-corrected chi connectivity index (χ4v) is 7.01. The molecule has 16 heteroatoms. The van der Waals surface area contributed by atoms with Crippen molar-refractivity contribution in [2.45, 2.75) is 57.7 Å². The second kappa shape index (κ2) is 14.3. The number of aliphatic carboxylic acids is 2. The molecule has 16 nitrogen and oxygen atoms in total. The number of hydrogen-bond donors (Lipinski definition) is 2. The monoisotopic (exact) mass is 721 g/mol. The number of methoxy groups -OCH3 is 3. The lowest BCUT2D eigenvalue weighted by atomic mass is 9.74. The van der Waals surface area contributed by atoms with Crippen LogP contribution in [-0.2, 0) is 37.4 Å². The summed E-state index contributed by atoms with van der Waals surface area (Å²) in [6.07, 6.45) is -1.90. The number of carboxylic acids is 2. The number of fused-ring (bicyclic) bond motifs is 2. The molecular formula is C36H39N3O13. The Morgan fingerprint density at radius 3 is 1.94 bits per heavy atom. The van der Waals surface area contributed by atoms with Crippen LogP contribution in [0.5, 0.6) is 34.5 Å². The summed E-state index contributed by atoms with van der Waals surface area (Å²) >= 11 is 0. The summed E-state index contributed by atoms with van der Waals surface area (Å²) in [5.41, 5.74) is 0.766. The molecule has 0 spiro atoms. The van der Waals surface area contributed by atoms with E-state index in [1.807, 2.05) is 13.8 Å². The van der Waals surface area contributed by atoms with Crippen LogP contribution in [0.4, 0.5) is 5.69 Å². The number of carbonyl (C=O) groups is 4. The summed E-state index contributed by atoms with van der Waals surface area (Å²) < 4.78 is 28.7. The minimum absolute atomic E-state index is 0.0359. The molecule has 3 aromatic rings. The number of nitrogens with zero attached hydrogens (tertiary/aromatic N) is 3. The van der Waals surface area contributed by atoms with Gasteiger partial charge >= 0.3 is 11.9 Å². The molecule has 3 aromatic carbocycles. The highest BCUT2D eigenvalue weighted by atomic mass is 16.6. The molecule has 0 saturated carbocycles. The number of benzene rings is 3. The van der Waals surface area contributed by atoms with Gasteiger partial charge in [0.25, 0.3) is 5.69 Å². The van der Waals surface area contributed by atoms with Crippen molar-refractivity contribution in [2.24, 2.45) is 0 Å². The third-order valence-electron chi connectivity index (χ3n) is 9.47. The van der Waals surface area contributed by atoms with Gasteiger partial charge in [-0.1, -0.05) is 32.9 Å². The van der Waals surface area contributed by atoms with Crippen LogP contribution >= 0.6 is 0 Å². The Labute approximate surface area is 298 Å². The van der Waals surface area contributed by atoms with Crippen LogP contribution in [0.2, 0.25) is 0 Å². The molecule has 52 heavy (non-hydrogen) atoms. The number of rotatable bonds is 13. The van der Waals surface area contributed by atoms with Crippen LogP contribution < -0.4 is 23.7 Å². The van der Waals surface area contributed by atoms with Crippen molar-refractivity contribution in [3.8, 4) is 34.5 Å². The van der Waals surface area contributed by atoms with Crippen molar-refractivity contribution in [2.75, 3.05) is 35.0 Å². The third kappa shape index (κ3) is 6.35. The van der Waals surface area contributed by atoms with Crippen LogP contribution in [0.1, 0.15) is 61.2 Å². The van der Waals surface area contributed by atoms with Gasteiger partial charge in [0, 0.05) is 46.3 Å². The number of hydrogen-bond acceptors (Lipinski definition) is 11. The molecule has 5 rings (SSSR count). The standard InChI is InChI=1S/C36H39N3O13/c1-8-24-35(45)37(4)34(21-13-18(39(46)47)14-27(50-7)33(21)51-17-30(43)44)38(24)28(40)15-19-25(48-5)11-9-22-31(19)52-32-20(16-29(41)42)26(49-6)12-10-23(32)36(22,2)3/h9-14,24,34H,8,15-17H2,1-7H3,(H,41,42)(H,43,44)/t24-,34+/m0/s1. The van der Waals surface area contributed by atoms with Gasteiger partial charge in [-0.3, -0.25) is 24.5 Å². The largest absolute Gasteiger partial charge is 0.496 e. The first-order valence-corrected chi connectivity index (χ1v) is 16.2. The van der Waals surface area contributed by atoms with Gasteiger partial charge in [-0.05, 0) is 18.6 Å². The number of nitro benzene ring substituents is 1. The van der Waals surface area contributed by atoms with Crippen molar-refractivity contribution >= 4 is 29.4 Å². The zero-order chi connectivity index (χ0) is 38.2. The predicted molar refractivity (Wildman–Crippen MR) is 182 cm³/mol. The molecule has 2 aliphatic heterocycles. The molecule has 2 amide bonds. The highest BCUT2D eigenvalue weighted by molar-refractivity contribution is 5.93. The molecule has 1 saturated heterocycles. The number of ether oxygens (including phenoxy) is 5. The van der Waals surface area contributed by atoms with Gasteiger partial charge in [-0.25, -0.2) is 4.79 Å². The summed E-state index contributed by atoms with van der Waals surface area (Å²) in [7, 11) is 5.49. The molecule has 0 radical (unpaired) electrons. The smallest absolute Gasteiger partial charge is 0.341 e. The van der Waals surface area contributed by atoms with Crippen molar-refractivity contribution < 1.29 is 58.0 Å². The van der Waals surface area contributed by atoms with Gasteiger partial charge < -0.3 is 43.7 Å². The Hall–Kier alpha value is -6.06. The summed E-state index contributed by atoms with van der Waals surface area (Å²) in [4.78, 5) is 65.8. The first-order valence-electron chi connectivity index (χ1n) is 16.2. The third-order valence-corrected chi connectivity index (χ3v) is 9.47. The summed E-state index contributed by atoms with van der Waals surface area (Å²) in [6, 6.07) is 8.15. The van der Waals surface area contributed by atoms with Crippen LogP contribution in [0.15, 0.2) is 36.4 Å². The zero-order valence-electron chi connectivity index (χ0n) is 29.7. The minimum Gasteiger partial charge on any atom is -0.496 e. The maximum absolute atomic E-state index is 14.7. The molecule has 2 N–H and O–H groups in total. The normalized spacial score (nSPS) is 17.1. The number of carbonyl (C=O) groups excluding carboxylic acids is 2. The molecule has 1 fully saturated rings. The second-order valence-corrected chi connectivity index (χ2v) is 12.8. The summed E-state index contributed by atoms with van der Waals surface area (Å²) in [6.45, 7) is 4.74. The fourth-order valence-electron chi connectivity index (χ4n) is 7.01. The number of amides is 2. The number of likely N-dealkylation sites (N-methyl/N-ethyl adjacent to an activating group) is 1. The van der Waals surface area contributed by atoms with E-state index in [9.17, 15) is 39.5 Å². The average molecular weight is 722 g/mol. The second-order valence-electron chi connectivity index (χ2n) is 12.8. The molecule has 2 atom stereocenters. The van der Waals surface area contributed by atoms with E-state index in [-0.39, 0.29) is 47.2 Å². The van der Waals surface area contributed by atoms with Crippen LogP contribution in [0, 0.1) is 10.1 Å². The van der Waals surface area contributed by atoms with E-state index >= 15 is 0 Å². The van der Waals surface area contributed by atoms with Gasteiger partial charge in [-0.2, -0.15) is 0 Å². The van der Waals surface area contributed by atoms with Crippen LogP contribution in [0.25, 0.3) is 0 Å². The Morgan fingerprint density at radius 1 is 0.904 bits per heavy atom. The van der Waals surface area contributed by atoms with E-state index in [0.29, 0.717) is 28.0 Å². The van der Waals surface area contributed by atoms with Gasteiger partial charge in [0.05, 0.1) is 45.2 Å². The van der Waals surface area contributed by atoms with E-state index in [0.717, 1.165) is 12.1 Å². The molecule has 0 aliphatic carbocycles. The van der Waals surface area contributed by atoms with E-state index in [1.54, 1.807) is 31.2 Å². The maximum atomic E-state index is 14.7. The fraction of sp³-hybridized carbons (Fsp3) is 0.389. The van der Waals surface area contributed by atoms with E-state index < -0.39 is 65.0 Å². The quantitative estimate of drug-likeness (QED) is 0.185. The Morgan fingerprint density at radius 2 is 1.46 bits per heavy atom. The lowest BCUT2D eigenvalue weighted by Crippen LogP contribution is -2.40. The van der Waals surface area contributed by atoms with Gasteiger partial charge in [0.1, 0.15) is 35.2 Å². The van der Waals surface area contributed by atoms with Gasteiger partial charge in [-0.15, -0.1) is 0 Å². The molecule has 0 bridgehead atoms. The molecule has 2 heterocycles. The Kier molecular flexibility index (Phi) is 10.2. The zero-order valence-corrected chi connectivity index (χ0v) is 29.7. The van der Waals surface area contributed by atoms with Crippen molar-refractivity contribution in [1.29, 1.82) is 0 Å². The highest BCUT2D eigenvalue weighted by Crippen LogP contribution is 2.54. The minimum atomic E-state index is -1.34. The first-order chi connectivity index (χ1) is 24.6. The van der Waals surface area contributed by atoms with Gasteiger partial charge in [0.2, 0.25) is 11.8 Å². The van der Waals surface area contributed by atoms with E-state index in [2.05, 4.69) is 0 Å². The highest BCUT2D eigenvalue weighted by Gasteiger charge is 2.49. The summed E-state index contributed by atoms with van der Waals surface area (Å²) in [5, 5.41) is 31.1. The molecule has 2 aliphatic rings. The van der Waals surface area contributed by atoms with E-state index in [1.165, 1.54) is 38.2 Å². The van der Waals surface area contributed by atoms with Crippen molar-refractivity contribution in [1.82, 2.24) is 9.80 Å². The molecule has 0 unspecified atom stereocenters. The van der Waals surface area contributed by atoms with Crippen molar-refractivity contribution in [3.63, 3.8) is 0 Å². The molecular weight excluding hydrogens is 682 g/mol. The average Bonchev–Trinajstić information content (AvgIpc) is 3.35. The Bertz CT molecular complexity index is 1980. The number of carboxylic acid groups (broad SMARTS) is 2. The SMILES string of the molecule is CC[C@H]1C(=O)N(C)[C@@H](c2cc([N+](=O)[O-])cc(OC)c2OCC(=O)O)N1C(=O)Cc1c(OC)ccc2c1Oc1c(ccc(OC)c1CC(=O)O)C2(C)C. The number of non-ortho nitro benzene ring substituents is 1. The maximum Gasteiger partial charge on any atom is 0.341 e. The predicted octanol–water partition coefficient (Wildman–Crippen LogP) is 4.46. The number of nitro groups is 1. The van der Waals surface area contributed by atoms with Crippen LogP contribution in [0.3, 0.4) is 0 Å². The Balaban J connectivity index is 1.68. The molecule has 0 aromatic heterocycles. The van der Waals surface area contributed by atoms with Crippen molar-refractivity contribution in [3.05, 3.63) is 74.3 Å². The topological polar surface area (TPSA) is 205 Å². The van der Waals surface area contributed by atoms with E-state index in [4.69, 9.17) is 23.7 Å². The lowest BCUT2D eigenvalue weighted by Gasteiger charge is -2.37. The molecule has 276 valence electrons. The first kappa shape index (κ1) is 37.2. The summed E-state index contributed by atoms with van der Waals surface area (Å²) in [5.74, 6) is -2.75.